The molecule has 0 spiro atoms. The van der Waals surface area contributed by atoms with Crippen LogP contribution in [-0.4, -0.2) is 44.3 Å². The van der Waals surface area contributed by atoms with Gasteiger partial charge < -0.3 is 13.9 Å². The maximum absolute atomic E-state index is 12.8. The summed E-state index contributed by atoms with van der Waals surface area (Å²) in [7, 11) is 1.54. The Kier molecular flexibility index (Phi) is 6.64. The molecule has 0 aromatic carbocycles. The number of aryl methyl sites for hydroxylation is 1. The molecule has 1 aromatic heterocycles. The van der Waals surface area contributed by atoms with Crippen LogP contribution in [0.25, 0.3) is 0 Å². The van der Waals surface area contributed by atoms with Gasteiger partial charge in [0.1, 0.15) is 5.76 Å². The Morgan fingerprint density at radius 1 is 1.29 bits per heavy atom. The first-order valence-electron chi connectivity index (χ1n) is 12.0. The van der Waals surface area contributed by atoms with Gasteiger partial charge in [-0.25, -0.2) is 0 Å². The van der Waals surface area contributed by atoms with Crippen LogP contribution in [0.2, 0.25) is 0 Å². The van der Waals surface area contributed by atoms with Crippen molar-refractivity contribution >= 4 is 5.97 Å². The fourth-order valence-corrected chi connectivity index (χ4v) is 6.95. The van der Waals surface area contributed by atoms with Gasteiger partial charge in [0.2, 0.25) is 0 Å². The first-order chi connectivity index (χ1) is 14.9. The van der Waals surface area contributed by atoms with E-state index in [-0.39, 0.29) is 16.8 Å². The number of nitrogens with zero attached hydrogens (tertiary/aromatic N) is 1. The van der Waals surface area contributed by atoms with Crippen molar-refractivity contribution < 1.29 is 18.7 Å². The number of furan rings is 1. The first kappa shape index (κ1) is 22.6. The van der Waals surface area contributed by atoms with Gasteiger partial charge in [-0.2, -0.15) is 0 Å². The number of hydrogen-bond donors (Lipinski definition) is 0. The molecule has 2 aliphatic carbocycles. The number of esters is 1. The molecule has 1 unspecified atom stereocenters. The number of hydrogen-bond acceptors (Lipinski definition) is 5. The Morgan fingerprint density at radius 3 is 2.81 bits per heavy atom. The molecule has 0 N–H and O–H groups in total. The second-order valence-electron chi connectivity index (χ2n) is 10.4. The highest BCUT2D eigenvalue weighted by molar-refractivity contribution is 5.77. The molecule has 3 aliphatic rings. The van der Waals surface area contributed by atoms with Crippen LogP contribution in [-0.2, 0) is 27.2 Å². The summed E-state index contributed by atoms with van der Waals surface area (Å²) in [6.45, 7) is 13.4. The minimum absolute atomic E-state index is 0.0303. The van der Waals surface area contributed by atoms with Gasteiger partial charge in [0, 0.05) is 13.1 Å². The van der Waals surface area contributed by atoms with Crippen molar-refractivity contribution in [3.8, 4) is 0 Å². The Hall–Kier alpha value is -1.59. The van der Waals surface area contributed by atoms with E-state index < -0.39 is 0 Å². The number of rotatable bonds is 6. The van der Waals surface area contributed by atoms with Crippen molar-refractivity contribution in [3.05, 3.63) is 35.8 Å². The van der Waals surface area contributed by atoms with E-state index in [0.29, 0.717) is 11.8 Å². The molecule has 0 bridgehead atoms. The van der Waals surface area contributed by atoms with Crippen molar-refractivity contribution in [1.29, 1.82) is 0 Å². The lowest BCUT2D eigenvalue weighted by atomic mass is 9.46. The molecule has 3 fully saturated rings. The number of allylic oxidation sites excluding steroid dienone is 1. The van der Waals surface area contributed by atoms with Crippen LogP contribution in [0.3, 0.4) is 0 Å². The van der Waals surface area contributed by atoms with Crippen LogP contribution in [0.4, 0.5) is 0 Å². The van der Waals surface area contributed by atoms with Crippen LogP contribution in [0.15, 0.2) is 28.9 Å². The summed E-state index contributed by atoms with van der Waals surface area (Å²) >= 11 is 0. The number of carbonyl (C=O) groups is 1. The number of carbonyl (C=O) groups excluding carboxylic acids is 1. The summed E-state index contributed by atoms with van der Waals surface area (Å²) in [5, 5.41) is 0. The van der Waals surface area contributed by atoms with Gasteiger partial charge in [-0.05, 0) is 74.3 Å². The smallest absolute Gasteiger partial charge is 0.311 e. The third-order valence-corrected chi connectivity index (χ3v) is 8.68. The molecule has 1 aliphatic heterocycles. The summed E-state index contributed by atoms with van der Waals surface area (Å²) in [5.74, 6) is 1.85. The van der Waals surface area contributed by atoms with E-state index in [1.807, 2.05) is 6.26 Å². The van der Waals surface area contributed by atoms with Crippen LogP contribution >= 0.6 is 0 Å². The van der Waals surface area contributed by atoms with Crippen molar-refractivity contribution in [2.75, 3.05) is 33.4 Å². The number of methoxy groups -OCH3 is 1. The molecule has 0 amide bonds. The maximum atomic E-state index is 12.8. The molecule has 4 atom stereocenters. The number of morpholine rings is 1. The standard InChI is InChI=1S/C26H39NO4/c1-19-6-9-23-25(2,11-5-12-26(23,3)24(28)29-4)21(19)8-7-20-10-15-31-22(20)18-27-13-16-30-17-14-27/h10,15,21,23H,1,5-9,11-14,16-18H2,2-4H3/t21-,23?,25+,26-/m0/s1. The molecule has 1 saturated heterocycles. The number of ether oxygens (including phenoxy) is 2. The van der Waals surface area contributed by atoms with Gasteiger partial charge >= 0.3 is 5.97 Å². The zero-order valence-corrected chi connectivity index (χ0v) is 19.6. The molecule has 5 heteroatoms. The van der Waals surface area contributed by atoms with E-state index in [9.17, 15) is 4.79 Å². The first-order valence-corrected chi connectivity index (χ1v) is 12.0. The predicted octanol–water partition coefficient (Wildman–Crippen LogP) is 5.00. The van der Waals surface area contributed by atoms with Crippen LogP contribution < -0.4 is 0 Å². The molecular weight excluding hydrogens is 390 g/mol. The SMILES string of the molecule is C=C1CCC2[C@](C)(CCC[C@]2(C)C(=O)OC)[C@H]1CCc1ccoc1CN1CCOCC1. The van der Waals surface area contributed by atoms with Gasteiger partial charge in [-0.1, -0.05) is 25.5 Å². The number of fused-ring (bicyclic) bond motifs is 1. The molecule has 0 radical (unpaired) electrons. The van der Waals surface area contributed by atoms with Crippen molar-refractivity contribution in [2.45, 2.75) is 65.3 Å². The predicted molar refractivity (Wildman–Crippen MR) is 121 cm³/mol. The van der Waals surface area contributed by atoms with Gasteiger partial charge in [0.05, 0.1) is 38.5 Å². The second-order valence-corrected chi connectivity index (χ2v) is 10.4. The fraction of sp³-hybridized carbons (Fsp3) is 0.731. The van der Waals surface area contributed by atoms with Crippen LogP contribution in [0, 0.1) is 22.7 Å². The summed E-state index contributed by atoms with van der Waals surface area (Å²) in [6, 6.07) is 2.14. The lowest BCUT2D eigenvalue weighted by Gasteiger charge is -2.57. The normalized spacial score (nSPS) is 34.4. The van der Waals surface area contributed by atoms with E-state index >= 15 is 0 Å². The van der Waals surface area contributed by atoms with Crippen molar-refractivity contribution in [1.82, 2.24) is 4.90 Å². The molecule has 5 nitrogen and oxygen atoms in total. The van der Waals surface area contributed by atoms with Crippen molar-refractivity contribution in [3.63, 3.8) is 0 Å². The molecule has 2 saturated carbocycles. The van der Waals surface area contributed by atoms with Crippen molar-refractivity contribution in [2.24, 2.45) is 22.7 Å². The highest BCUT2D eigenvalue weighted by Gasteiger charge is 2.57. The molecule has 31 heavy (non-hydrogen) atoms. The average Bonchev–Trinajstić information content (AvgIpc) is 3.20. The van der Waals surface area contributed by atoms with Gasteiger partial charge in [-0.15, -0.1) is 0 Å². The fourth-order valence-electron chi connectivity index (χ4n) is 6.95. The monoisotopic (exact) mass is 429 g/mol. The summed E-state index contributed by atoms with van der Waals surface area (Å²) in [5.41, 5.74) is 2.41. The zero-order chi connectivity index (χ0) is 22.1. The van der Waals surface area contributed by atoms with Crippen LogP contribution in [0.1, 0.15) is 63.7 Å². The highest BCUT2D eigenvalue weighted by atomic mass is 16.5. The van der Waals surface area contributed by atoms with E-state index in [1.165, 1.54) is 24.7 Å². The minimum atomic E-state index is -0.377. The summed E-state index contributed by atoms with van der Waals surface area (Å²) in [4.78, 5) is 15.2. The Balaban J connectivity index is 1.49. The third-order valence-electron chi connectivity index (χ3n) is 8.68. The average molecular weight is 430 g/mol. The van der Waals surface area contributed by atoms with E-state index in [2.05, 4.69) is 31.4 Å². The molecule has 1 aromatic rings. The van der Waals surface area contributed by atoms with E-state index in [1.54, 1.807) is 0 Å². The Labute approximate surface area is 187 Å². The largest absolute Gasteiger partial charge is 0.469 e. The Bertz CT molecular complexity index is 795. The molecular formula is C26H39NO4. The minimum Gasteiger partial charge on any atom is -0.469 e. The van der Waals surface area contributed by atoms with Gasteiger partial charge in [0.25, 0.3) is 0 Å². The third kappa shape index (κ3) is 4.23. The highest BCUT2D eigenvalue weighted by Crippen LogP contribution is 2.62. The summed E-state index contributed by atoms with van der Waals surface area (Å²) < 4.78 is 16.6. The van der Waals surface area contributed by atoms with Gasteiger partial charge in [-0.3, -0.25) is 9.69 Å². The molecule has 4 rings (SSSR count). The van der Waals surface area contributed by atoms with Crippen LogP contribution in [0.5, 0.6) is 0 Å². The molecule has 172 valence electrons. The lowest BCUT2D eigenvalue weighted by Crippen LogP contribution is -2.53. The second kappa shape index (κ2) is 9.11. The Morgan fingerprint density at radius 2 is 2.06 bits per heavy atom. The lowest BCUT2D eigenvalue weighted by molar-refractivity contribution is -0.168. The van der Waals surface area contributed by atoms with E-state index in [0.717, 1.165) is 77.1 Å². The maximum Gasteiger partial charge on any atom is 0.311 e. The summed E-state index contributed by atoms with van der Waals surface area (Å²) in [6.07, 6.45) is 9.14. The topological polar surface area (TPSA) is 51.9 Å². The van der Waals surface area contributed by atoms with E-state index in [4.69, 9.17) is 13.9 Å². The quantitative estimate of drug-likeness (QED) is 0.471. The van der Waals surface area contributed by atoms with Gasteiger partial charge in [0.15, 0.2) is 0 Å². The zero-order valence-electron chi connectivity index (χ0n) is 19.6. The molecule has 2 heterocycles.